The molecule has 2 N–H and O–H groups in total. The standard InChI is InChI=1S/C10H11ClO4/c1-15-7-4-2-6(3-5-8(12)13)10(14)9(7)11/h2,4,14H,3,5H2,1H3,(H,12,13). The van der Waals surface area contributed by atoms with Gasteiger partial charge in [0.2, 0.25) is 0 Å². The molecule has 0 atom stereocenters. The molecular formula is C10H11ClO4. The van der Waals surface area contributed by atoms with E-state index in [-0.39, 0.29) is 23.6 Å². The summed E-state index contributed by atoms with van der Waals surface area (Å²) in [7, 11) is 1.44. The molecule has 1 rings (SSSR count). The summed E-state index contributed by atoms with van der Waals surface area (Å²) in [6, 6.07) is 3.20. The van der Waals surface area contributed by atoms with Crippen molar-refractivity contribution < 1.29 is 19.7 Å². The normalized spacial score (nSPS) is 10.0. The Balaban J connectivity index is 2.91. The first-order chi connectivity index (χ1) is 7.06. The summed E-state index contributed by atoms with van der Waals surface area (Å²) in [5.74, 6) is -0.660. The van der Waals surface area contributed by atoms with Gasteiger partial charge in [-0.25, -0.2) is 0 Å². The maximum atomic E-state index is 10.4. The quantitative estimate of drug-likeness (QED) is 0.831. The van der Waals surface area contributed by atoms with Crippen LogP contribution in [0.2, 0.25) is 5.02 Å². The van der Waals surface area contributed by atoms with E-state index in [1.54, 1.807) is 12.1 Å². The highest BCUT2D eigenvalue weighted by atomic mass is 35.5. The number of carbonyl (C=O) groups is 1. The summed E-state index contributed by atoms with van der Waals surface area (Å²) in [4.78, 5) is 10.4. The van der Waals surface area contributed by atoms with Gasteiger partial charge in [-0.15, -0.1) is 0 Å². The third-order valence-corrected chi connectivity index (χ3v) is 2.36. The van der Waals surface area contributed by atoms with Crippen LogP contribution in [0.25, 0.3) is 0 Å². The van der Waals surface area contributed by atoms with Crippen molar-refractivity contribution in [2.75, 3.05) is 7.11 Å². The van der Waals surface area contributed by atoms with Gasteiger partial charge < -0.3 is 14.9 Å². The van der Waals surface area contributed by atoms with Crippen LogP contribution in [-0.4, -0.2) is 23.3 Å². The molecule has 0 aliphatic heterocycles. The Hall–Kier alpha value is -1.42. The van der Waals surface area contributed by atoms with Gasteiger partial charge in [-0.2, -0.15) is 0 Å². The van der Waals surface area contributed by atoms with Crippen LogP contribution in [0.15, 0.2) is 12.1 Å². The number of methoxy groups -OCH3 is 1. The molecule has 82 valence electrons. The maximum absolute atomic E-state index is 10.4. The number of phenolic OH excluding ortho intramolecular Hbond substituents is 1. The van der Waals surface area contributed by atoms with Crippen molar-refractivity contribution in [2.24, 2.45) is 0 Å². The lowest BCUT2D eigenvalue weighted by Gasteiger charge is -2.08. The lowest BCUT2D eigenvalue weighted by molar-refractivity contribution is -0.136. The van der Waals surface area contributed by atoms with Gasteiger partial charge in [0.1, 0.15) is 16.5 Å². The van der Waals surface area contributed by atoms with Crippen molar-refractivity contribution in [3.63, 3.8) is 0 Å². The van der Waals surface area contributed by atoms with Crippen molar-refractivity contribution in [1.82, 2.24) is 0 Å². The van der Waals surface area contributed by atoms with Crippen molar-refractivity contribution in [3.8, 4) is 11.5 Å². The van der Waals surface area contributed by atoms with Crippen LogP contribution in [0, 0.1) is 0 Å². The zero-order valence-electron chi connectivity index (χ0n) is 8.16. The largest absolute Gasteiger partial charge is 0.506 e. The van der Waals surface area contributed by atoms with Gasteiger partial charge in [-0.05, 0) is 18.1 Å². The maximum Gasteiger partial charge on any atom is 0.303 e. The summed E-state index contributed by atoms with van der Waals surface area (Å²) >= 11 is 5.79. The predicted molar refractivity (Wildman–Crippen MR) is 55.6 cm³/mol. The zero-order valence-corrected chi connectivity index (χ0v) is 8.91. The van der Waals surface area contributed by atoms with Crippen molar-refractivity contribution >= 4 is 17.6 Å². The van der Waals surface area contributed by atoms with Gasteiger partial charge in [0.15, 0.2) is 0 Å². The first-order valence-corrected chi connectivity index (χ1v) is 4.70. The van der Waals surface area contributed by atoms with E-state index in [2.05, 4.69) is 0 Å². The Bertz CT molecular complexity index is 376. The van der Waals surface area contributed by atoms with Crippen molar-refractivity contribution in [1.29, 1.82) is 0 Å². The Morgan fingerprint density at radius 2 is 2.20 bits per heavy atom. The lowest BCUT2D eigenvalue weighted by atomic mass is 10.1. The third kappa shape index (κ3) is 2.76. The predicted octanol–water partition coefficient (Wildman–Crippen LogP) is 2.07. The minimum Gasteiger partial charge on any atom is -0.506 e. The molecule has 1 aromatic rings. The number of hydrogen-bond acceptors (Lipinski definition) is 3. The van der Waals surface area contributed by atoms with Crippen LogP contribution in [0.5, 0.6) is 11.5 Å². The minimum atomic E-state index is -0.915. The topological polar surface area (TPSA) is 66.8 Å². The Kier molecular flexibility index (Phi) is 3.80. The van der Waals surface area contributed by atoms with Crippen LogP contribution in [-0.2, 0) is 11.2 Å². The number of halogens is 1. The van der Waals surface area contributed by atoms with E-state index in [4.69, 9.17) is 21.4 Å². The van der Waals surface area contributed by atoms with Gasteiger partial charge in [0, 0.05) is 6.42 Å². The first kappa shape index (κ1) is 11.7. The molecule has 0 heterocycles. The Morgan fingerprint density at radius 3 is 2.73 bits per heavy atom. The molecule has 0 amide bonds. The zero-order chi connectivity index (χ0) is 11.4. The van der Waals surface area contributed by atoms with Gasteiger partial charge in [0.05, 0.1) is 7.11 Å². The van der Waals surface area contributed by atoms with E-state index in [0.717, 1.165) is 0 Å². The number of hydrogen-bond donors (Lipinski definition) is 2. The number of phenols is 1. The van der Waals surface area contributed by atoms with E-state index < -0.39 is 5.97 Å². The molecule has 0 aromatic heterocycles. The van der Waals surface area contributed by atoms with Crippen LogP contribution >= 0.6 is 11.6 Å². The monoisotopic (exact) mass is 230 g/mol. The number of ether oxygens (including phenoxy) is 1. The van der Waals surface area contributed by atoms with Crippen LogP contribution in [0.4, 0.5) is 0 Å². The third-order valence-electron chi connectivity index (χ3n) is 1.99. The van der Waals surface area contributed by atoms with Crippen molar-refractivity contribution in [3.05, 3.63) is 22.7 Å². The molecule has 4 nitrogen and oxygen atoms in total. The van der Waals surface area contributed by atoms with Crippen LogP contribution in [0.1, 0.15) is 12.0 Å². The highest BCUT2D eigenvalue weighted by Crippen LogP contribution is 2.36. The molecular weight excluding hydrogens is 220 g/mol. The molecule has 0 aliphatic rings. The smallest absolute Gasteiger partial charge is 0.303 e. The lowest BCUT2D eigenvalue weighted by Crippen LogP contribution is -1.98. The van der Waals surface area contributed by atoms with E-state index in [9.17, 15) is 9.90 Å². The number of aromatic hydroxyl groups is 1. The second kappa shape index (κ2) is 4.89. The van der Waals surface area contributed by atoms with Crippen LogP contribution < -0.4 is 4.74 Å². The van der Waals surface area contributed by atoms with E-state index in [1.165, 1.54) is 7.11 Å². The minimum absolute atomic E-state index is 0.0454. The van der Waals surface area contributed by atoms with Gasteiger partial charge in [0.25, 0.3) is 0 Å². The summed E-state index contributed by atoms with van der Waals surface area (Å²) < 4.78 is 4.90. The average Bonchev–Trinajstić information content (AvgIpc) is 2.20. The second-order valence-electron chi connectivity index (χ2n) is 2.98. The van der Waals surface area contributed by atoms with Gasteiger partial charge >= 0.3 is 5.97 Å². The molecule has 0 spiro atoms. The summed E-state index contributed by atoms with van der Waals surface area (Å²) in [6.07, 6.45) is 0.196. The van der Waals surface area contributed by atoms with Crippen LogP contribution in [0.3, 0.4) is 0 Å². The van der Waals surface area contributed by atoms with Gasteiger partial charge in [-0.3, -0.25) is 4.79 Å². The number of aliphatic carboxylic acids is 1. The molecule has 0 saturated carbocycles. The number of aryl methyl sites for hydroxylation is 1. The van der Waals surface area contributed by atoms with E-state index >= 15 is 0 Å². The second-order valence-corrected chi connectivity index (χ2v) is 3.36. The molecule has 0 saturated heterocycles. The average molecular weight is 231 g/mol. The van der Waals surface area contributed by atoms with Crippen molar-refractivity contribution in [2.45, 2.75) is 12.8 Å². The Labute approximate surface area is 92.1 Å². The Morgan fingerprint density at radius 1 is 1.53 bits per heavy atom. The summed E-state index contributed by atoms with van der Waals surface area (Å²) in [5, 5.41) is 18.2. The molecule has 0 unspecified atom stereocenters. The number of carboxylic acid groups (broad SMARTS) is 1. The number of benzene rings is 1. The molecule has 0 fully saturated rings. The first-order valence-electron chi connectivity index (χ1n) is 4.32. The summed E-state index contributed by atoms with van der Waals surface area (Å²) in [5.41, 5.74) is 0.503. The molecule has 0 radical (unpaired) electrons. The fraction of sp³-hybridized carbons (Fsp3) is 0.300. The van der Waals surface area contributed by atoms with E-state index in [1.807, 2.05) is 0 Å². The summed E-state index contributed by atoms with van der Waals surface area (Å²) in [6.45, 7) is 0. The molecule has 0 bridgehead atoms. The van der Waals surface area contributed by atoms with E-state index in [0.29, 0.717) is 11.3 Å². The SMILES string of the molecule is COc1ccc(CCC(=O)O)c(O)c1Cl. The molecule has 0 aliphatic carbocycles. The number of rotatable bonds is 4. The molecule has 1 aromatic carbocycles. The molecule has 15 heavy (non-hydrogen) atoms. The number of carboxylic acids is 1. The van der Waals surface area contributed by atoms with Gasteiger partial charge in [-0.1, -0.05) is 17.7 Å². The highest BCUT2D eigenvalue weighted by molar-refractivity contribution is 6.33. The highest BCUT2D eigenvalue weighted by Gasteiger charge is 2.11. The fourth-order valence-electron chi connectivity index (χ4n) is 1.19. The fourth-order valence-corrected chi connectivity index (χ4v) is 1.45. The molecule has 5 heteroatoms.